The Balaban J connectivity index is 1.47. The molecule has 3 rings (SSSR count). The number of aromatic nitrogens is 2. The molecule has 0 fully saturated rings. The maximum absolute atomic E-state index is 12.3. The lowest BCUT2D eigenvalue weighted by Gasteiger charge is -2.08. The Morgan fingerprint density at radius 3 is 2.31 bits per heavy atom. The molecular weight excluding hydrogens is 324 g/mol. The van der Waals surface area contributed by atoms with E-state index in [-0.39, 0.29) is 5.91 Å². The predicted octanol–water partition coefficient (Wildman–Crippen LogP) is 4.08. The Bertz CT molecular complexity index is 847. The fourth-order valence-corrected chi connectivity index (χ4v) is 2.66. The largest absolute Gasteiger partial charge is 0.369 e. The molecule has 2 aromatic carbocycles. The smallest absolute Gasteiger partial charge is 0.257 e. The molecular formula is C21H22N4O. The number of nitrogens with one attached hydrogen (secondary N) is 2. The summed E-state index contributed by atoms with van der Waals surface area (Å²) in [7, 11) is 0. The number of nitrogens with zero attached hydrogens (tertiary/aromatic N) is 2. The predicted molar refractivity (Wildman–Crippen MR) is 104 cm³/mol. The molecule has 3 aromatic rings. The van der Waals surface area contributed by atoms with Crippen LogP contribution in [0, 0.1) is 6.92 Å². The van der Waals surface area contributed by atoms with Gasteiger partial charge in [-0.25, -0.2) is 0 Å². The molecule has 0 aliphatic heterocycles. The summed E-state index contributed by atoms with van der Waals surface area (Å²) in [5.41, 5.74) is 2.89. The second-order valence-electron chi connectivity index (χ2n) is 6.09. The number of aryl methyl sites for hydroxylation is 2. The molecule has 0 bridgehead atoms. The molecule has 0 radical (unpaired) electrons. The van der Waals surface area contributed by atoms with Crippen LogP contribution in [-0.2, 0) is 6.42 Å². The quantitative estimate of drug-likeness (QED) is 0.633. The third kappa shape index (κ3) is 4.89. The molecule has 0 unspecified atom stereocenters. The highest BCUT2D eigenvalue weighted by Crippen LogP contribution is 2.11. The SMILES string of the molecule is Cc1ccccc1C(=O)Nc1ccc(NCCCc2ccccc2)nn1. The summed E-state index contributed by atoms with van der Waals surface area (Å²) >= 11 is 0. The van der Waals surface area contributed by atoms with Gasteiger partial charge in [-0.3, -0.25) is 4.79 Å². The Hall–Kier alpha value is -3.21. The van der Waals surface area contributed by atoms with Crippen molar-refractivity contribution in [2.24, 2.45) is 0 Å². The van der Waals surface area contributed by atoms with E-state index in [2.05, 4.69) is 45.1 Å². The highest BCUT2D eigenvalue weighted by atomic mass is 16.1. The van der Waals surface area contributed by atoms with E-state index in [1.54, 1.807) is 12.1 Å². The molecule has 0 atom stereocenters. The Morgan fingerprint density at radius 2 is 1.58 bits per heavy atom. The van der Waals surface area contributed by atoms with Gasteiger partial charge in [0.1, 0.15) is 5.82 Å². The second kappa shape index (κ2) is 8.76. The first-order valence-corrected chi connectivity index (χ1v) is 8.71. The minimum absolute atomic E-state index is 0.180. The van der Waals surface area contributed by atoms with E-state index in [0.29, 0.717) is 17.2 Å². The van der Waals surface area contributed by atoms with Crippen LogP contribution < -0.4 is 10.6 Å². The molecule has 2 N–H and O–H groups in total. The van der Waals surface area contributed by atoms with Gasteiger partial charge in [0.05, 0.1) is 0 Å². The van der Waals surface area contributed by atoms with Gasteiger partial charge in [-0.15, -0.1) is 10.2 Å². The molecule has 1 aromatic heterocycles. The van der Waals surface area contributed by atoms with Crippen LogP contribution in [-0.4, -0.2) is 22.6 Å². The van der Waals surface area contributed by atoms with E-state index in [1.165, 1.54) is 5.56 Å². The molecule has 5 heteroatoms. The van der Waals surface area contributed by atoms with Crippen molar-refractivity contribution in [3.05, 3.63) is 83.4 Å². The molecule has 1 amide bonds. The fraction of sp³-hybridized carbons (Fsp3) is 0.190. The van der Waals surface area contributed by atoms with E-state index in [9.17, 15) is 4.79 Å². The average molecular weight is 346 g/mol. The molecule has 0 saturated carbocycles. The lowest BCUT2D eigenvalue weighted by Crippen LogP contribution is -2.15. The van der Waals surface area contributed by atoms with Gasteiger partial charge in [0.2, 0.25) is 0 Å². The number of hydrogen-bond donors (Lipinski definition) is 2. The Morgan fingerprint density at radius 1 is 0.885 bits per heavy atom. The van der Waals surface area contributed by atoms with Crippen molar-refractivity contribution in [3.8, 4) is 0 Å². The van der Waals surface area contributed by atoms with Gasteiger partial charge in [0, 0.05) is 12.1 Å². The topological polar surface area (TPSA) is 66.9 Å². The van der Waals surface area contributed by atoms with Crippen LogP contribution in [0.2, 0.25) is 0 Å². The van der Waals surface area contributed by atoms with Crippen LogP contribution in [0.5, 0.6) is 0 Å². The molecule has 26 heavy (non-hydrogen) atoms. The minimum atomic E-state index is -0.180. The van der Waals surface area contributed by atoms with Crippen molar-refractivity contribution in [1.29, 1.82) is 0 Å². The van der Waals surface area contributed by atoms with E-state index in [1.807, 2.05) is 37.3 Å². The van der Waals surface area contributed by atoms with Crippen molar-refractivity contribution in [1.82, 2.24) is 10.2 Å². The van der Waals surface area contributed by atoms with Crippen LogP contribution in [0.25, 0.3) is 0 Å². The van der Waals surface area contributed by atoms with E-state index in [4.69, 9.17) is 0 Å². The summed E-state index contributed by atoms with van der Waals surface area (Å²) in [4.78, 5) is 12.3. The van der Waals surface area contributed by atoms with Gasteiger partial charge in [0.15, 0.2) is 5.82 Å². The molecule has 0 saturated heterocycles. The molecule has 0 aliphatic rings. The number of hydrogen-bond acceptors (Lipinski definition) is 4. The van der Waals surface area contributed by atoms with Crippen molar-refractivity contribution < 1.29 is 4.79 Å². The van der Waals surface area contributed by atoms with Crippen LogP contribution >= 0.6 is 0 Å². The zero-order chi connectivity index (χ0) is 18.2. The van der Waals surface area contributed by atoms with Gasteiger partial charge < -0.3 is 10.6 Å². The summed E-state index contributed by atoms with van der Waals surface area (Å²) in [5.74, 6) is 0.959. The molecule has 0 aliphatic carbocycles. The summed E-state index contributed by atoms with van der Waals surface area (Å²) in [6.45, 7) is 2.72. The lowest BCUT2D eigenvalue weighted by molar-refractivity contribution is 0.102. The van der Waals surface area contributed by atoms with Crippen LogP contribution in [0.15, 0.2) is 66.7 Å². The Kier molecular flexibility index (Phi) is 5.93. The maximum atomic E-state index is 12.3. The zero-order valence-corrected chi connectivity index (χ0v) is 14.8. The number of carbonyl (C=O) groups excluding carboxylic acids is 1. The summed E-state index contributed by atoms with van der Waals surface area (Å²) < 4.78 is 0. The highest BCUT2D eigenvalue weighted by Gasteiger charge is 2.09. The molecule has 0 spiro atoms. The molecule has 5 nitrogen and oxygen atoms in total. The van der Waals surface area contributed by atoms with Gasteiger partial charge in [-0.2, -0.15) is 0 Å². The van der Waals surface area contributed by atoms with Gasteiger partial charge in [-0.1, -0.05) is 48.5 Å². The molecule has 1 heterocycles. The van der Waals surface area contributed by atoms with Crippen LogP contribution in [0.3, 0.4) is 0 Å². The van der Waals surface area contributed by atoms with Gasteiger partial charge in [-0.05, 0) is 49.1 Å². The maximum Gasteiger partial charge on any atom is 0.257 e. The zero-order valence-electron chi connectivity index (χ0n) is 14.8. The third-order valence-corrected chi connectivity index (χ3v) is 4.09. The van der Waals surface area contributed by atoms with E-state index < -0.39 is 0 Å². The highest BCUT2D eigenvalue weighted by molar-refractivity contribution is 6.04. The van der Waals surface area contributed by atoms with Gasteiger partial charge in [0.25, 0.3) is 5.91 Å². The van der Waals surface area contributed by atoms with Gasteiger partial charge >= 0.3 is 0 Å². The summed E-state index contributed by atoms with van der Waals surface area (Å²) in [5, 5.41) is 14.2. The normalized spacial score (nSPS) is 10.3. The summed E-state index contributed by atoms with van der Waals surface area (Å²) in [6, 6.07) is 21.4. The van der Waals surface area contributed by atoms with Crippen molar-refractivity contribution >= 4 is 17.5 Å². The number of rotatable bonds is 7. The van der Waals surface area contributed by atoms with E-state index >= 15 is 0 Å². The van der Waals surface area contributed by atoms with E-state index in [0.717, 1.165) is 24.9 Å². The van der Waals surface area contributed by atoms with Crippen LogP contribution in [0.1, 0.15) is 27.9 Å². The average Bonchev–Trinajstić information content (AvgIpc) is 2.67. The second-order valence-corrected chi connectivity index (χ2v) is 6.09. The number of carbonyl (C=O) groups is 1. The Labute approximate surface area is 153 Å². The number of benzene rings is 2. The molecule has 132 valence electrons. The van der Waals surface area contributed by atoms with Crippen molar-refractivity contribution in [2.75, 3.05) is 17.2 Å². The van der Waals surface area contributed by atoms with Crippen molar-refractivity contribution in [3.63, 3.8) is 0 Å². The number of amides is 1. The first kappa shape index (κ1) is 17.6. The minimum Gasteiger partial charge on any atom is -0.369 e. The third-order valence-electron chi connectivity index (χ3n) is 4.09. The van der Waals surface area contributed by atoms with Crippen molar-refractivity contribution in [2.45, 2.75) is 19.8 Å². The van der Waals surface area contributed by atoms with Crippen LogP contribution in [0.4, 0.5) is 11.6 Å². The standard InChI is InChI=1S/C21H22N4O/c1-16-8-5-6-12-18(16)21(26)23-20-14-13-19(24-25-20)22-15-7-11-17-9-3-2-4-10-17/h2-6,8-10,12-14H,7,11,15H2,1H3,(H,22,24)(H,23,25,26). The lowest BCUT2D eigenvalue weighted by atomic mass is 10.1. The fourth-order valence-electron chi connectivity index (χ4n) is 2.66. The number of anilines is 2. The summed E-state index contributed by atoms with van der Waals surface area (Å²) in [6.07, 6.45) is 2.03. The monoisotopic (exact) mass is 346 g/mol. The first-order chi connectivity index (χ1) is 12.7. The first-order valence-electron chi connectivity index (χ1n) is 8.71.